The van der Waals surface area contributed by atoms with Gasteiger partial charge in [-0.2, -0.15) is 10.2 Å². The van der Waals surface area contributed by atoms with E-state index in [1.54, 1.807) is 11.0 Å². The molecule has 3 aromatic rings. The van der Waals surface area contributed by atoms with Gasteiger partial charge in [-0.05, 0) is 38.5 Å². The number of hydrogen-bond acceptors (Lipinski definition) is 4. The van der Waals surface area contributed by atoms with E-state index < -0.39 is 0 Å². The second-order valence-electron chi connectivity index (χ2n) is 6.42. The molecule has 25 heavy (non-hydrogen) atoms. The number of rotatable bonds is 3. The molecule has 7 heteroatoms. The van der Waals surface area contributed by atoms with Crippen molar-refractivity contribution in [2.75, 3.05) is 13.1 Å². The van der Waals surface area contributed by atoms with Gasteiger partial charge in [0.05, 0.1) is 23.0 Å². The normalized spacial score (nSPS) is 17.2. The fraction of sp³-hybridized carbons (Fsp3) is 0.333. The lowest BCUT2D eigenvalue weighted by molar-refractivity contribution is 0.0786. The van der Waals surface area contributed by atoms with Crippen molar-refractivity contribution in [2.45, 2.75) is 26.3 Å². The maximum absolute atomic E-state index is 13.1. The van der Waals surface area contributed by atoms with E-state index in [-0.39, 0.29) is 11.9 Å². The minimum Gasteiger partial charge on any atom is -0.336 e. The second-order valence-corrected chi connectivity index (χ2v) is 6.42. The Labute approximate surface area is 145 Å². The highest BCUT2D eigenvalue weighted by Gasteiger charge is 2.30. The average molecular weight is 336 g/mol. The van der Waals surface area contributed by atoms with E-state index in [9.17, 15) is 4.79 Å². The number of carbonyl (C=O) groups is 1. The van der Waals surface area contributed by atoms with Crippen molar-refractivity contribution in [3.8, 4) is 5.69 Å². The highest BCUT2D eigenvalue weighted by atomic mass is 16.2. The van der Waals surface area contributed by atoms with Crippen LogP contribution in [-0.4, -0.2) is 48.4 Å². The van der Waals surface area contributed by atoms with E-state index in [2.05, 4.69) is 28.2 Å². The summed E-state index contributed by atoms with van der Waals surface area (Å²) in [5, 5.41) is 8.73. The maximum Gasteiger partial charge on any atom is 0.256 e. The van der Waals surface area contributed by atoms with Crippen molar-refractivity contribution < 1.29 is 4.79 Å². The lowest BCUT2D eigenvalue weighted by Gasteiger charge is -2.19. The topological polar surface area (TPSA) is 68.8 Å². The van der Waals surface area contributed by atoms with Crippen molar-refractivity contribution >= 4 is 5.91 Å². The van der Waals surface area contributed by atoms with E-state index >= 15 is 0 Å². The second kappa shape index (κ2) is 6.16. The molecule has 0 N–H and O–H groups in total. The van der Waals surface area contributed by atoms with Crippen LogP contribution in [0.25, 0.3) is 5.69 Å². The molecule has 1 aliphatic heterocycles. The first-order chi connectivity index (χ1) is 12.1. The van der Waals surface area contributed by atoms with Crippen molar-refractivity contribution in [2.24, 2.45) is 0 Å². The first-order valence-electron chi connectivity index (χ1n) is 8.39. The third kappa shape index (κ3) is 2.82. The van der Waals surface area contributed by atoms with Gasteiger partial charge >= 0.3 is 0 Å². The molecule has 1 fully saturated rings. The summed E-state index contributed by atoms with van der Waals surface area (Å²) in [6.07, 6.45) is 3.99. The smallest absolute Gasteiger partial charge is 0.256 e. The van der Waals surface area contributed by atoms with Crippen LogP contribution in [0.2, 0.25) is 0 Å². The van der Waals surface area contributed by atoms with Crippen molar-refractivity contribution in [1.29, 1.82) is 0 Å². The summed E-state index contributed by atoms with van der Waals surface area (Å²) >= 11 is 0. The molecule has 3 heterocycles. The minimum absolute atomic E-state index is 0.0233. The number of aromatic nitrogens is 5. The van der Waals surface area contributed by atoms with Crippen LogP contribution in [-0.2, 0) is 0 Å². The first kappa shape index (κ1) is 15.6. The summed E-state index contributed by atoms with van der Waals surface area (Å²) in [6.45, 7) is 5.46. The number of aryl methyl sites for hydroxylation is 2. The van der Waals surface area contributed by atoms with E-state index in [1.807, 2.05) is 40.8 Å². The number of likely N-dealkylation sites (tertiary alicyclic amines) is 1. The van der Waals surface area contributed by atoms with Crippen LogP contribution in [0.1, 0.15) is 34.2 Å². The third-order valence-electron chi connectivity index (χ3n) is 4.64. The molecule has 0 unspecified atom stereocenters. The molecule has 1 amide bonds. The molecule has 128 valence electrons. The molecular formula is C18H20N6O. The van der Waals surface area contributed by atoms with Crippen LogP contribution in [0.5, 0.6) is 0 Å². The monoisotopic (exact) mass is 336 g/mol. The van der Waals surface area contributed by atoms with Crippen LogP contribution < -0.4 is 0 Å². The maximum atomic E-state index is 13.1. The SMILES string of the molecule is Cc1cc(C)n([C@@H]2CCN(C(=O)c3ccccc3-n3cncn3)C2)n1. The van der Waals surface area contributed by atoms with Gasteiger partial charge in [-0.1, -0.05) is 12.1 Å². The number of amides is 1. The zero-order chi connectivity index (χ0) is 17.4. The summed E-state index contributed by atoms with van der Waals surface area (Å²) in [5.74, 6) is 0.0233. The zero-order valence-electron chi connectivity index (χ0n) is 14.3. The quantitative estimate of drug-likeness (QED) is 0.735. The van der Waals surface area contributed by atoms with E-state index in [1.165, 1.54) is 6.33 Å². The lowest BCUT2D eigenvalue weighted by atomic mass is 10.1. The van der Waals surface area contributed by atoms with Gasteiger partial charge in [-0.15, -0.1) is 0 Å². The molecule has 0 bridgehead atoms. The molecule has 0 radical (unpaired) electrons. The predicted molar refractivity (Wildman–Crippen MR) is 92.6 cm³/mol. The number of benzene rings is 1. The molecule has 2 aromatic heterocycles. The number of nitrogens with zero attached hydrogens (tertiary/aromatic N) is 6. The minimum atomic E-state index is 0.0233. The van der Waals surface area contributed by atoms with Gasteiger partial charge in [-0.25, -0.2) is 9.67 Å². The summed E-state index contributed by atoms with van der Waals surface area (Å²) < 4.78 is 3.67. The summed E-state index contributed by atoms with van der Waals surface area (Å²) in [6, 6.07) is 9.81. The van der Waals surface area contributed by atoms with Gasteiger partial charge in [0.2, 0.25) is 0 Å². The lowest BCUT2D eigenvalue weighted by Crippen LogP contribution is -2.30. The average Bonchev–Trinajstić information content (AvgIpc) is 3.35. The van der Waals surface area contributed by atoms with Gasteiger partial charge in [0.15, 0.2) is 0 Å². The van der Waals surface area contributed by atoms with Crippen LogP contribution in [0.15, 0.2) is 43.0 Å². The van der Waals surface area contributed by atoms with Crippen LogP contribution >= 0.6 is 0 Å². The molecule has 4 rings (SSSR count). The fourth-order valence-electron chi connectivity index (χ4n) is 3.50. The van der Waals surface area contributed by atoms with Gasteiger partial charge in [0, 0.05) is 18.8 Å². The van der Waals surface area contributed by atoms with E-state index in [0.717, 1.165) is 30.0 Å². The largest absolute Gasteiger partial charge is 0.336 e. The fourth-order valence-corrected chi connectivity index (χ4v) is 3.50. The highest BCUT2D eigenvalue weighted by molar-refractivity contribution is 5.97. The Bertz CT molecular complexity index is 898. The van der Waals surface area contributed by atoms with Gasteiger partial charge < -0.3 is 4.90 Å². The Kier molecular flexibility index (Phi) is 3.83. The molecule has 1 aliphatic rings. The summed E-state index contributed by atoms with van der Waals surface area (Å²) in [5.41, 5.74) is 3.54. The van der Waals surface area contributed by atoms with E-state index in [0.29, 0.717) is 12.1 Å². The standard InChI is InChI=1S/C18H20N6O/c1-13-9-14(2)24(21-13)15-7-8-22(10-15)18(25)16-5-3-4-6-17(16)23-12-19-11-20-23/h3-6,9,11-12,15H,7-8,10H2,1-2H3/t15-/m1/s1. The highest BCUT2D eigenvalue weighted by Crippen LogP contribution is 2.25. The molecule has 1 saturated heterocycles. The van der Waals surface area contributed by atoms with Crippen LogP contribution in [0.4, 0.5) is 0 Å². The summed E-state index contributed by atoms with van der Waals surface area (Å²) in [7, 11) is 0. The number of hydrogen-bond donors (Lipinski definition) is 0. The van der Waals surface area contributed by atoms with Crippen LogP contribution in [0, 0.1) is 13.8 Å². The first-order valence-corrected chi connectivity index (χ1v) is 8.39. The van der Waals surface area contributed by atoms with Gasteiger partial charge in [0.1, 0.15) is 12.7 Å². The van der Waals surface area contributed by atoms with Crippen molar-refractivity contribution in [1.82, 2.24) is 29.4 Å². The van der Waals surface area contributed by atoms with Gasteiger partial charge in [-0.3, -0.25) is 9.48 Å². The Hall–Kier alpha value is -2.96. The van der Waals surface area contributed by atoms with Gasteiger partial charge in [0.25, 0.3) is 5.91 Å². The molecule has 7 nitrogen and oxygen atoms in total. The van der Waals surface area contributed by atoms with Crippen LogP contribution in [0.3, 0.4) is 0 Å². The predicted octanol–water partition coefficient (Wildman–Crippen LogP) is 2.17. The zero-order valence-corrected chi connectivity index (χ0v) is 14.3. The number of para-hydroxylation sites is 1. The number of carbonyl (C=O) groups excluding carboxylic acids is 1. The molecular weight excluding hydrogens is 316 g/mol. The third-order valence-corrected chi connectivity index (χ3v) is 4.64. The van der Waals surface area contributed by atoms with Crippen molar-refractivity contribution in [3.05, 3.63) is 59.9 Å². The molecule has 0 saturated carbocycles. The molecule has 1 atom stereocenters. The molecule has 0 aliphatic carbocycles. The van der Waals surface area contributed by atoms with Crippen molar-refractivity contribution in [3.63, 3.8) is 0 Å². The summed E-state index contributed by atoms with van der Waals surface area (Å²) in [4.78, 5) is 18.9. The Morgan fingerprint density at radius 2 is 2.08 bits per heavy atom. The Balaban J connectivity index is 1.58. The Morgan fingerprint density at radius 3 is 2.80 bits per heavy atom. The molecule has 1 aromatic carbocycles. The van der Waals surface area contributed by atoms with E-state index in [4.69, 9.17) is 0 Å². The molecule has 0 spiro atoms. The Morgan fingerprint density at radius 1 is 1.24 bits per heavy atom.